The first-order chi connectivity index (χ1) is 7.74. The molecule has 94 valence electrons. The molecule has 1 aromatic carbocycles. The molecule has 0 aromatic heterocycles. The van der Waals surface area contributed by atoms with E-state index < -0.39 is 24.2 Å². The lowest BCUT2D eigenvalue weighted by Crippen LogP contribution is -2.59. The largest absolute Gasteiger partial charge is 0.508 e. The summed E-state index contributed by atoms with van der Waals surface area (Å²) in [5.41, 5.74) is 0.128. The summed E-state index contributed by atoms with van der Waals surface area (Å²) >= 11 is 0. The van der Waals surface area contributed by atoms with Gasteiger partial charge in [0.2, 0.25) is 0 Å². The third-order valence-electron chi connectivity index (χ3n) is 3.04. The van der Waals surface area contributed by atoms with Gasteiger partial charge in [-0.05, 0) is 18.1 Å². The second-order valence-electron chi connectivity index (χ2n) is 4.25. The van der Waals surface area contributed by atoms with Crippen molar-refractivity contribution in [2.75, 3.05) is 0 Å². The fourth-order valence-corrected chi connectivity index (χ4v) is 1.93. The minimum absolute atomic E-state index is 0.128. The van der Waals surface area contributed by atoms with Crippen LogP contribution in [0.1, 0.15) is 12.0 Å². The number of benzene rings is 1. The van der Waals surface area contributed by atoms with Crippen LogP contribution in [0.2, 0.25) is 0 Å². The van der Waals surface area contributed by atoms with Crippen LogP contribution in [0.5, 0.6) is 11.5 Å². The first kappa shape index (κ1) is 12.0. The molecule has 0 spiro atoms. The molecule has 6 heteroatoms. The van der Waals surface area contributed by atoms with Crippen LogP contribution in [0.25, 0.3) is 0 Å². The molecule has 1 aliphatic rings. The molecule has 0 heterocycles. The summed E-state index contributed by atoms with van der Waals surface area (Å²) < 4.78 is 51.2. The Hall–Kier alpha value is -1.46. The lowest BCUT2D eigenvalue weighted by Gasteiger charge is -2.43. The van der Waals surface area contributed by atoms with Crippen molar-refractivity contribution in [3.8, 4) is 11.5 Å². The second kappa shape index (κ2) is 3.51. The van der Waals surface area contributed by atoms with Crippen LogP contribution in [-0.4, -0.2) is 22.1 Å². The van der Waals surface area contributed by atoms with Crippen molar-refractivity contribution in [2.24, 2.45) is 5.92 Å². The monoisotopic (exact) mass is 250 g/mol. The van der Waals surface area contributed by atoms with Gasteiger partial charge >= 0.3 is 11.8 Å². The van der Waals surface area contributed by atoms with E-state index >= 15 is 0 Å². The van der Waals surface area contributed by atoms with Crippen molar-refractivity contribution in [1.29, 1.82) is 0 Å². The van der Waals surface area contributed by atoms with Crippen LogP contribution in [0.3, 0.4) is 0 Å². The summed E-state index contributed by atoms with van der Waals surface area (Å²) in [6.07, 6.45) is -1.23. The van der Waals surface area contributed by atoms with Crippen LogP contribution in [0.4, 0.5) is 17.6 Å². The molecular weight excluding hydrogens is 240 g/mol. The molecule has 0 radical (unpaired) electrons. The number of phenolic OH excluding ortho intramolecular Hbond substituents is 2. The Labute approximate surface area is 94.5 Å². The highest BCUT2D eigenvalue weighted by molar-refractivity contribution is 5.39. The maximum atomic E-state index is 13.0. The molecule has 1 aliphatic carbocycles. The second-order valence-corrected chi connectivity index (χ2v) is 4.25. The third-order valence-corrected chi connectivity index (χ3v) is 3.04. The van der Waals surface area contributed by atoms with Crippen LogP contribution in [0, 0.1) is 5.92 Å². The first-order valence-corrected chi connectivity index (χ1v) is 5.00. The fourth-order valence-electron chi connectivity index (χ4n) is 1.93. The van der Waals surface area contributed by atoms with E-state index in [4.69, 9.17) is 5.11 Å². The molecule has 2 nitrogen and oxygen atoms in total. The number of alkyl halides is 4. The number of rotatable bonds is 2. The number of hydrogen-bond donors (Lipinski definition) is 2. The topological polar surface area (TPSA) is 40.5 Å². The molecule has 1 fully saturated rings. The van der Waals surface area contributed by atoms with Crippen molar-refractivity contribution in [3.63, 3.8) is 0 Å². The van der Waals surface area contributed by atoms with Gasteiger partial charge in [-0.15, -0.1) is 0 Å². The molecule has 0 amide bonds. The van der Waals surface area contributed by atoms with Gasteiger partial charge in [-0.3, -0.25) is 0 Å². The Morgan fingerprint density at radius 1 is 1.18 bits per heavy atom. The van der Waals surface area contributed by atoms with E-state index in [1.54, 1.807) is 0 Å². The van der Waals surface area contributed by atoms with Crippen LogP contribution < -0.4 is 0 Å². The van der Waals surface area contributed by atoms with E-state index in [-0.39, 0.29) is 23.5 Å². The number of halogens is 4. The zero-order chi connectivity index (χ0) is 12.8. The SMILES string of the molecule is Oc1ccc(CC2CC(F)(F)C2(F)F)c(O)c1. The Bertz CT molecular complexity index is 445. The van der Waals surface area contributed by atoms with Crippen molar-refractivity contribution in [2.45, 2.75) is 24.7 Å². The molecular formula is C11H10F4O2. The van der Waals surface area contributed by atoms with Gasteiger partial charge in [0, 0.05) is 18.4 Å². The number of phenols is 2. The summed E-state index contributed by atoms with van der Waals surface area (Å²) in [5.74, 6) is -10.0. The van der Waals surface area contributed by atoms with Gasteiger partial charge in [0.15, 0.2) is 0 Å². The molecule has 1 atom stereocenters. The first-order valence-electron chi connectivity index (χ1n) is 5.00. The van der Waals surface area contributed by atoms with Crippen molar-refractivity contribution in [3.05, 3.63) is 23.8 Å². The quantitative estimate of drug-likeness (QED) is 0.792. The molecule has 1 unspecified atom stereocenters. The summed E-state index contributed by atoms with van der Waals surface area (Å²) in [5, 5.41) is 18.4. The van der Waals surface area contributed by atoms with Crippen molar-refractivity contribution in [1.82, 2.24) is 0 Å². The maximum absolute atomic E-state index is 13.0. The Morgan fingerprint density at radius 3 is 2.29 bits per heavy atom. The van der Waals surface area contributed by atoms with Gasteiger partial charge in [-0.1, -0.05) is 6.07 Å². The van der Waals surface area contributed by atoms with Crippen molar-refractivity contribution >= 4 is 0 Å². The normalized spacial score (nSPS) is 25.3. The number of aromatic hydroxyl groups is 2. The lowest BCUT2D eigenvalue weighted by atomic mass is 9.73. The predicted molar refractivity (Wildman–Crippen MR) is 51.5 cm³/mol. The zero-order valence-electron chi connectivity index (χ0n) is 8.63. The summed E-state index contributed by atoms with van der Waals surface area (Å²) in [6.45, 7) is 0. The highest BCUT2D eigenvalue weighted by atomic mass is 19.3. The van der Waals surface area contributed by atoms with E-state index in [1.165, 1.54) is 12.1 Å². The van der Waals surface area contributed by atoms with E-state index in [1.807, 2.05) is 0 Å². The third kappa shape index (κ3) is 1.81. The smallest absolute Gasteiger partial charge is 0.313 e. The summed E-state index contributed by atoms with van der Waals surface area (Å²) in [4.78, 5) is 0. The summed E-state index contributed by atoms with van der Waals surface area (Å²) in [7, 11) is 0. The highest BCUT2D eigenvalue weighted by Gasteiger charge is 2.71. The van der Waals surface area contributed by atoms with Crippen LogP contribution in [-0.2, 0) is 6.42 Å². The molecule has 2 rings (SSSR count). The molecule has 0 saturated heterocycles. The van der Waals surface area contributed by atoms with Gasteiger partial charge in [0.05, 0.1) is 0 Å². The molecule has 0 aliphatic heterocycles. The Kier molecular flexibility index (Phi) is 2.48. The minimum Gasteiger partial charge on any atom is -0.508 e. The van der Waals surface area contributed by atoms with Gasteiger partial charge in [-0.2, -0.15) is 17.6 Å². The van der Waals surface area contributed by atoms with Gasteiger partial charge in [-0.25, -0.2) is 0 Å². The van der Waals surface area contributed by atoms with E-state index in [0.717, 1.165) is 6.07 Å². The molecule has 1 saturated carbocycles. The van der Waals surface area contributed by atoms with Gasteiger partial charge in [0.1, 0.15) is 11.5 Å². The van der Waals surface area contributed by atoms with Crippen LogP contribution >= 0.6 is 0 Å². The Balaban J connectivity index is 2.14. The fraction of sp³-hybridized carbons (Fsp3) is 0.455. The maximum Gasteiger partial charge on any atom is 0.313 e. The lowest BCUT2D eigenvalue weighted by molar-refractivity contribution is -0.313. The highest BCUT2D eigenvalue weighted by Crippen LogP contribution is 2.56. The molecule has 17 heavy (non-hydrogen) atoms. The predicted octanol–water partition coefficient (Wildman–Crippen LogP) is 2.93. The average molecular weight is 250 g/mol. The zero-order valence-corrected chi connectivity index (χ0v) is 8.63. The van der Waals surface area contributed by atoms with Crippen molar-refractivity contribution < 1.29 is 27.8 Å². The van der Waals surface area contributed by atoms with E-state index in [0.29, 0.717) is 0 Å². The molecule has 0 bridgehead atoms. The summed E-state index contributed by atoms with van der Waals surface area (Å²) in [6, 6.07) is 3.45. The average Bonchev–Trinajstić information content (AvgIpc) is 2.20. The molecule has 1 aromatic rings. The minimum atomic E-state index is -4.03. The van der Waals surface area contributed by atoms with Gasteiger partial charge < -0.3 is 10.2 Å². The number of hydrogen-bond acceptors (Lipinski definition) is 2. The van der Waals surface area contributed by atoms with Gasteiger partial charge in [0.25, 0.3) is 0 Å². The van der Waals surface area contributed by atoms with Crippen LogP contribution in [0.15, 0.2) is 18.2 Å². The molecule has 2 N–H and O–H groups in total. The standard InChI is InChI=1S/C11H10F4O2/c12-10(13)5-7(11(10,14)15)3-6-1-2-8(16)4-9(6)17/h1-2,4,7,16-17H,3,5H2. The van der Waals surface area contributed by atoms with E-state index in [9.17, 15) is 22.7 Å². The van der Waals surface area contributed by atoms with E-state index in [2.05, 4.69) is 0 Å². The Morgan fingerprint density at radius 2 is 1.82 bits per heavy atom.